The second-order valence-corrected chi connectivity index (χ2v) is 9.25. The molecule has 5 nitrogen and oxygen atoms in total. The molecule has 31 heavy (non-hydrogen) atoms. The van der Waals surface area contributed by atoms with E-state index in [4.69, 9.17) is 16.3 Å². The molecule has 0 aromatic heterocycles. The number of halogens is 1. The van der Waals surface area contributed by atoms with Crippen molar-refractivity contribution in [1.29, 1.82) is 0 Å². The monoisotopic (exact) mass is 436 g/mol. The molecule has 2 fully saturated rings. The highest BCUT2D eigenvalue weighted by molar-refractivity contribution is 6.31. The fourth-order valence-electron chi connectivity index (χ4n) is 5.32. The first kappa shape index (κ1) is 20.3. The van der Waals surface area contributed by atoms with Crippen LogP contribution in [0.4, 0.5) is 0 Å². The highest BCUT2D eigenvalue weighted by Gasteiger charge is 2.71. The fraction of sp³-hybridized carbons (Fsp3) is 0.360. The number of rotatable bonds is 6. The fourth-order valence-corrected chi connectivity index (χ4v) is 5.55. The molecule has 2 saturated heterocycles. The molecule has 2 unspecified atom stereocenters. The van der Waals surface area contributed by atoms with Crippen LogP contribution in [0.25, 0.3) is 0 Å². The average Bonchev–Trinajstić information content (AvgIpc) is 3.32. The average molecular weight is 437 g/mol. The highest BCUT2D eigenvalue weighted by atomic mass is 35.5. The summed E-state index contributed by atoms with van der Waals surface area (Å²) in [6, 6.07) is 17.5. The van der Waals surface area contributed by atoms with Gasteiger partial charge in [0.1, 0.15) is 5.60 Å². The van der Waals surface area contributed by atoms with Crippen LogP contribution in [0.2, 0.25) is 5.02 Å². The van der Waals surface area contributed by atoms with E-state index >= 15 is 0 Å². The molecular formula is C25H25ClN2O3. The van der Waals surface area contributed by atoms with E-state index in [1.165, 1.54) is 0 Å². The predicted octanol–water partition coefficient (Wildman–Crippen LogP) is 3.37. The first-order valence-electron chi connectivity index (χ1n) is 10.7. The summed E-state index contributed by atoms with van der Waals surface area (Å²) in [6.07, 6.45) is 4.59. The Balaban J connectivity index is 1.31. The van der Waals surface area contributed by atoms with Gasteiger partial charge in [0.25, 0.3) is 0 Å². The van der Waals surface area contributed by atoms with Crippen molar-refractivity contribution in [3.63, 3.8) is 0 Å². The van der Waals surface area contributed by atoms with Gasteiger partial charge in [0.2, 0.25) is 11.8 Å². The minimum atomic E-state index is -0.756. The molecule has 0 radical (unpaired) electrons. The molecule has 1 spiro atoms. The topological polar surface area (TPSA) is 58.6 Å². The Bertz CT molecular complexity index is 1060. The van der Waals surface area contributed by atoms with Crippen molar-refractivity contribution in [2.75, 3.05) is 13.1 Å². The minimum Gasteiger partial charge on any atom is -0.357 e. The maximum absolute atomic E-state index is 13.4. The molecule has 1 N–H and O–H groups in total. The van der Waals surface area contributed by atoms with E-state index in [0.717, 1.165) is 11.1 Å². The van der Waals surface area contributed by atoms with Crippen LogP contribution in [0.3, 0.4) is 0 Å². The lowest BCUT2D eigenvalue weighted by Crippen LogP contribution is -2.48. The van der Waals surface area contributed by atoms with E-state index in [0.29, 0.717) is 31.1 Å². The Morgan fingerprint density at radius 2 is 1.90 bits per heavy atom. The lowest BCUT2D eigenvalue weighted by molar-refractivity contribution is -0.139. The molecule has 2 bridgehead atoms. The van der Waals surface area contributed by atoms with Gasteiger partial charge in [-0.15, -0.1) is 0 Å². The van der Waals surface area contributed by atoms with Crippen molar-refractivity contribution in [2.45, 2.75) is 31.1 Å². The summed E-state index contributed by atoms with van der Waals surface area (Å²) >= 11 is 6.22. The van der Waals surface area contributed by atoms with Crippen molar-refractivity contribution in [3.05, 3.63) is 82.9 Å². The van der Waals surface area contributed by atoms with Crippen LogP contribution in [0, 0.1) is 11.8 Å². The molecular weight excluding hydrogens is 412 g/mol. The van der Waals surface area contributed by atoms with E-state index in [9.17, 15) is 9.59 Å². The van der Waals surface area contributed by atoms with Crippen molar-refractivity contribution in [1.82, 2.24) is 10.2 Å². The standard InChI is InChI=1S/C25H25ClN2O3/c1-24-12-13-25(31-24)16-28(15-17-7-3-2-4-8-17)23(30)21(25)20(24)22(29)27-14-11-18-9-5-6-10-19(18)26/h2-10,12-13,20-21H,11,14-16H2,1H3,(H,27,29)/t20?,21-,24-,25?/m1/s1. The van der Waals surface area contributed by atoms with Crippen LogP contribution < -0.4 is 5.32 Å². The van der Waals surface area contributed by atoms with Gasteiger partial charge < -0.3 is 15.0 Å². The summed E-state index contributed by atoms with van der Waals surface area (Å²) in [4.78, 5) is 28.4. The number of ether oxygens (including phenoxy) is 1. The highest BCUT2D eigenvalue weighted by Crippen LogP contribution is 2.57. The Morgan fingerprint density at radius 1 is 1.16 bits per heavy atom. The van der Waals surface area contributed by atoms with Gasteiger partial charge in [0.15, 0.2) is 0 Å². The van der Waals surface area contributed by atoms with Crippen LogP contribution in [0.1, 0.15) is 18.1 Å². The second kappa shape index (κ2) is 7.50. The summed E-state index contributed by atoms with van der Waals surface area (Å²) in [6.45, 7) is 3.36. The number of hydrogen-bond acceptors (Lipinski definition) is 3. The van der Waals surface area contributed by atoms with Gasteiger partial charge in [-0.25, -0.2) is 0 Å². The van der Waals surface area contributed by atoms with Gasteiger partial charge in [-0.3, -0.25) is 9.59 Å². The van der Waals surface area contributed by atoms with Gasteiger partial charge in [-0.05, 0) is 30.5 Å². The van der Waals surface area contributed by atoms with Crippen LogP contribution >= 0.6 is 11.6 Å². The number of likely N-dealkylation sites (tertiary alicyclic amines) is 1. The third-order valence-corrected chi connectivity index (χ3v) is 7.12. The number of fused-ring (bicyclic) bond motifs is 1. The zero-order valence-electron chi connectivity index (χ0n) is 17.4. The summed E-state index contributed by atoms with van der Waals surface area (Å²) in [7, 11) is 0. The minimum absolute atomic E-state index is 0.0109. The maximum Gasteiger partial charge on any atom is 0.230 e. The summed E-state index contributed by atoms with van der Waals surface area (Å²) in [5.74, 6) is -1.19. The smallest absolute Gasteiger partial charge is 0.230 e. The summed E-state index contributed by atoms with van der Waals surface area (Å²) < 4.78 is 6.37. The van der Waals surface area contributed by atoms with Crippen molar-refractivity contribution >= 4 is 23.4 Å². The lowest BCUT2D eigenvalue weighted by atomic mass is 9.72. The Hall–Kier alpha value is -2.63. The molecule has 3 heterocycles. The molecule has 6 heteroatoms. The molecule has 160 valence electrons. The van der Waals surface area contributed by atoms with Crippen LogP contribution in [-0.2, 0) is 27.3 Å². The third kappa shape index (κ3) is 3.36. The van der Waals surface area contributed by atoms with Crippen molar-refractivity contribution < 1.29 is 14.3 Å². The molecule has 2 aromatic carbocycles. The van der Waals surface area contributed by atoms with E-state index in [1.54, 1.807) is 0 Å². The number of benzene rings is 2. The van der Waals surface area contributed by atoms with Crippen LogP contribution in [0.5, 0.6) is 0 Å². The number of carbonyl (C=O) groups excluding carboxylic acids is 2. The van der Waals surface area contributed by atoms with Crippen LogP contribution in [-0.4, -0.2) is 41.0 Å². The quantitative estimate of drug-likeness (QED) is 0.706. The maximum atomic E-state index is 13.4. The molecule has 2 amide bonds. The molecule has 3 aliphatic rings. The molecule has 2 aromatic rings. The second-order valence-electron chi connectivity index (χ2n) is 8.84. The van der Waals surface area contributed by atoms with E-state index < -0.39 is 23.0 Å². The van der Waals surface area contributed by atoms with Gasteiger partial charge in [-0.1, -0.05) is 72.3 Å². The molecule has 0 saturated carbocycles. The number of nitrogens with zero attached hydrogens (tertiary/aromatic N) is 1. The summed E-state index contributed by atoms with van der Waals surface area (Å²) in [5, 5.41) is 3.71. The van der Waals surface area contributed by atoms with Crippen molar-refractivity contribution in [3.8, 4) is 0 Å². The number of carbonyl (C=O) groups is 2. The number of nitrogens with one attached hydrogen (secondary N) is 1. The van der Waals surface area contributed by atoms with Gasteiger partial charge in [-0.2, -0.15) is 0 Å². The predicted molar refractivity (Wildman–Crippen MR) is 118 cm³/mol. The zero-order chi connectivity index (χ0) is 21.6. The number of amides is 2. The van der Waals surface area contributed by atoms with Crippen molar-refractivity contribution in [2.24, 2.45) is 11.8 Å². The SMILES string of the molecule is C[C@@]12C=CC3(CN(Cc4ccccc4)C(=O)[C@H]3C1C(=O)NCCc1ccccc1Cl)O2. The normalized spacial score (nSPS) is 30.6. The zero-order valence-corrected chi connectivity index (χ0v) is 18.1. The molecule has 0 aliphatic carbocycles. The Kier molecular flexibility index (Phi) is 4.91. The third-order valence-electron chi connectivity index (χ3n) is 6.75. The number of hydrogen-bond donors (Lipinski definition) is 1. The lowest BCUT2D eigenvalue weighted by Gasteiger charge is -2.29. The Labute approximate surface area is 187 Å². The molecule has 3 aliphatic heterocycles. The first-order valence-corrected chi connectivity index (χ1v) is 11.0. The van der Waals surface area contributed by atoms with Gasteiger partial charge in [0, 0.05) is 18.1 Å². The molecule has 4 atom stereocenters. The van der Waals surface area contributed by atoms with E-state index in [-0.39, 0.29) is 11.8 Å². The summed E-state index contributed by atoms with van der Waals surface area (Å²) in [5.41, 5.74) is 0.582. The van der Waals surface area contributed by atoms with Crippen LogP contribution in [0.15, 0.2) is 66.7 Å². The van der Waals surface area contributed by atoms with Gasteiger partial charge >= 0.3 is 0 Å². The molecule has 5 rings (SSSR count). The van der Waals surface area contributed by atoms with E-state index in [1.807, 2.05) is 78.6 Å². The van der Waals surface area contributed by atoms with E-state index in [2.05, 4.69) is 5.32 Å². The largest absolute Gasteiger partial charge is 0.357 e. The first-order chi connectivity index (χ1) is 14.9. The van der Waals surface area contributed by atoms with Gasteiger partial charge in [0.05, 0.1) is 24.0 Å². The Morgan fingerprint density at radius 3 is 2.68 bits per heavy atom.